The molecule has 2 atom stereocenters. The van der Waals surface area contributed by atoms with Crippen molar-refractivity contribution in [2.45, 2.75) is 58.3 Å². The molecule has 1 aromatic carbocycles. The molecule has 1 amide bonds. The third-order valence-electron chi connectivity index (χ3n) is 6.25. The number of ether oxygens (including phenoxy) is 1. The van der Waals surface area contributed by atoms with Gasteiger partial charge in [0.2, 0.25) is 15.9 Å². The van der Waals surface area contributed by atoms with Crippen LogP contribution < -0.4 is 5.32 Å². The van der Waals surface area contributed by atoms with Gasteiger partial charge in [-0.25, -0.2) is 12.7 Å². The van der Waals surface area contributed by atoms with Crippen LogP contribution in [0.5, 0.6) is 0 Å². The third-order valence-corrected chi connectivity index (χ3v) is 8.10. The van der Waals surface area contributed by atoms with Crippen LogP contribution in [0.2, 0.25) is 0 Å². The van der Waals surface area contributed by atoms with Gasteiger partial charge < -0.3 is 10.1 Å². The van der Waals surface area contributed by atoms with E-state index in [9.17, 15) is 13.2 Å². The zero-order chi connectivity index (χ0) is 21.8. The third kappa shape index (κ3) is 6.05. The average molecular weight is 437 g/mol. The number of carbonyl (C=O) groups is 1. The van der Waals surface area contributed by atoms with Crippen LogP contribution in [-0.2, 0) is 25.3 Å². The van der Waals surface area contributed by atoms with Crippen LogP contribution in [0.3, 0.4) is 0 Å². The van der Waals surface area contributed by atoms with Gasteiger partial charge in [0, 0.05) is 38.1 Å². The van der Waals surface area contributed by atoms with Crippen LogP contribution in [0.4, 0.5) is 0 Å². The van der Waals surface area contributed by atoms with Crippen LogP contribution in [-0.4, -0.2) is 51.0 Å². The quantitative estimate of drug-likeness (QED) is 0.743. The minimum Gasteiger partial charge on any atom is -0.377 e. The number of carbonyl (C=O) groups excluding carboxylic acids is 1. The Morgan fingerprint density at radius 2 is 1.80 bits per heavy atom. The number of rotatable bonds is 6. The fourth-order valence-electron chi connectivity index (χ4n) is 4.66. The van der Waals surface area contributed by atoms with Gasteiger partial charge in [0.1, 0.15) is 0 Å². The van der Waals surface area contributed by atoms with Crippen LogP contribution in [0.25, 0.3) is 0 Å². The van der Waals surface area contributed by atoms with Gasteiger partial charge in [0.05, 0.1) is 11.9 Å². The highest BCUT2D eigenvalue weighted by atomic mass is 32.2. The molecule has 2 fully saturated rings. The first kappa shape index (κ1) is 23.2. The molecule has 0 saturated carbocycles. The van der Waals surface area contributed by atoms with Crippen molar-refractivity contribution in [3.8, 4) is 0 Å². The highest BCUT2D eigenvalue weighted by molar-refractivity contribution is 7.88. The highest BCUT2D eigenvalue weighted by Crippen LogP contribution is 2.33. The molecule has 2 aliphatic rings. The average Bonchev–Trinajstić information content (AvgIpc) is 2.72. The smallest absolute Gasteiger partial charge is 0.223 e. The molecule has 7 heteroatoms. The van der Waals surface area contributed by atoms with E-state index in [1.54, 1.807) is 0 Å². The first-order valence-electron chi connectivity index (χ1n) is 11.1. The Bertz CT molecular complexity index is 796. The molecule has 2 saturated heterocycles. The van der Waals surface area contributed by atoms with Crippen molar-refractivity contribution in [3.63, 3.8) is 0 Å². The van der Waals surface area contributed by atoms with Crippen molar-refractivity contribution >= 4 is 15.9 Å². The monoisotopic (exact) mass is 436 g/mol. The number of amides is 1. The Labute approximate surface area is 181 Å². The molecule has 168 valence electrons. The summed E-state index contributed by atoms with van der Waals surface area (Å²) >= 11 is 0. The first-order valence-corrected chi connectivity index (χ1v) is 12.7. The zero-order valence-corrected chi connectivity index (χ0v) is 19.3. The summed E-state index contributed by atoms with van der Waals surface area (Å²) in [5, 5.41) is 3.13. The van der Waals surface area contributed by atoms with E-state index in [1.807, 2.05) is 30.3 Å². The van der Waals surface area contributed by atoms with Crippen LogP contribution >= 0.6 is 0 Å². The number of nitrogens with one attached hydrogen (secondary N) is 1. The number of piperidine rings is 1. The van der Waals surface area contributed by atoms with E-state index in [-0.39, 0.29) is 29.1 Å². The van der Waals surface area contributed by atoms with Gasteiger partial charge in [0.15, 0.2) is 0 Å². The topological polar surface area (TPSA) is 75.7 Å². The standard InChI is InChI=1S/C23H36N2O4S/c1-23(2,3)21-20(10-7-15-29-21)16-24-22(26)19-11-13-25(14-12-19)30(27,28)17-18-8-5-4-6-9-18/h4-6,8-9,19-21H,7,10-17H2,1-3H3,(H,24,26). The maximum Gasteiger partial charge on any atom is 0.223 e. The Morgan fingerprint density at radius 3 is 2.43 bits per heavy atom. The molecule has 30 heavy (non-hydrogen) atoms. The Kier molecular flexibility index (Phi) is 7.58. The number of nitrogens with zero attached hydrogens (tertiary/aromatic N) is 1. The lowest BCUT2D eigenvalue weighted by atomic mass is 9.78. The van der Waals surface area contributed by atoms with E-state index in [0.717, 1.165) is 25.0 Å². The molecule has 2 aliphatic heterocycles. The molecular weight excluding hydrogens is 400 g/mol. The Morgan fingerprint density at radius 1 is 1.13 bits per heavy atom. The van der Waals surface area contributed by atoms with Gasteiger partial charge >= 0.3 is 0 Å². The van der Waals surface area contributed by atoms with E-state index in [2.05, 4.69) is 26.1 Å². The number of hydrogen-bond donors (Lipinski definition) is 1. The van der Waals surface area contributed by atoms with Gasteiger partial charge in [-0.15, -0.1) is 0 Å². The summed E-state index contributed by atoms with van der Waals surface area (Å²) in [4.78, 5) is 12.7. The van der Waals surface area contributed by atoms with E-state index < -0.39 is 10.0 Å². The molecule has 1 N–H and O–H groups in total. The predicted molar refractivity (Wildman–Crippen MR) is 118 cm³/mol. The second-order valence-corrected chi connectivity index (χ2v) is 11.7. The van der Waals surface area contributed by atoms with E-state index >= 15 is 0 Å². The van der Waals surface area contributed by atoms with Crippen molar-refractivity contribution < 1.29 is 17.9 Å². The first-order chi connectivity index (χ1) is 14.2. The normalized spacial score (nSPS) is 24.5. The van der Waals surface area contributed by atoms with E-state index in [0.29, 0.717) is 38.4 Å². The highest BCUT2D eigenvalue weighted by Gasteiger charge is 2.36. The van der Waals surface area contributed by atoms with Crippen molar-refractivity contribution in [2.24, 2.45) is 17.3 Å². The molecule has 0 spiro atoms. The summed E-state index contributed by atoms with van der Waals surface area (Å²) in [5.41, 5.74) is 0.842. The lowest BCUT2D eigenvalue weighted by Crippen LogP contribution is -2.47. The van der Waals surface area contributed by atoms with Crippen LogP contribution in [0.15, 0.2) is 30.3 Å². The van der Waals surface area contributed by atoms with Crippen molar-refractivity contribution in [2.75, 3.05) is 26.2 Å². The zero-order valence-electron chi connectivity index (χ0n) is 18.5. The maximum absolute atomic E-state index is 12.7. The fourth-order valence-corrected chi connectivity index (χ4v) is 6.22. The second kappa shape index (κ2) is 9.79. The van der Waals surface area contributed by atoms with Gasteiger partial charge in [-0.3, -0.25) is 4.79 Å². The molecule has 0 aliphatic carbocycles. The molecule has 0 bridgehead atoms. The number of benzene rings is 1. The second-order valence-electron chi connectivity index (χ2n) is 9.72. The van der Waals surface area contributed by atoms with Crippen molar-refractivity contribution in [3.05, 3.63) is 35.9 Å². The maximum atomic E-state index is 12.7. The molecular formula is C23H36N2O4S. The van der Waals surface area contributed by atoms with Crippen LogP contribution in [0, 0.1) is 17.3 Å². The molecule has 3 rings (SSSR count). The van der Waals surface area contributed by atoms with Crippen molar-refractivity contribution in [1.82, 2.24) is 9.62 Å². The predicted octanol–water partition coefficient (Wildman–Crippen LogP) is 3.19. The summed E-state index contributed by atoms with van der Waals surface area (Å²) in [6.07, 6.45) is 3.40. The Hall–Kier alpha value is -1.44. The number of sulfonamides is 1. The van der Waals surface area contributed by atoms with Crippen LogP contribution in [0.1, 0.15) is 52.0 Å². The lowest BCUT2D eigenvalue weighted by Gasteiger charge is -2.40. The van der Waals surface area contributed by atoms with Gasteiger partial charge in [-0.1, -0.05) is 51.1 Å². The molecule has 2 unspecified atom stereocenters. The summed E-state index contributed by atoms with van der Waals surface area (Å²) < 4.78 is 33.0. The van der Waals surface area contributed by atoms with Crippen molar-refractivity contribution in [1.29, 1.82) is 0 Å². The molecule has 1 aromatic rings. The molecule has 0 radical (unpaired) electrons. The molecule has 6 nitrogen and oxygen atoms in total. The Balaban J connectivity index is 1.48. The molecule has 0 aromatic heterocycles. The molecule has 2 heterocycles. The van der Waals surface area contributed by atoms with Gasteiger partial charge in [-0.05, 0) is 36.7 Å². The van der Waals surface area contributed by atoms with Gasteiger partial charge in [0.25, 0.3) is 0 Å². The summed E-state index contributed by atoms with van der Waals surface area (Å²) in [6, 6.07) is 9.24. The largest absolute Gasteiger partial charge is 0.377 e. The lowest BCUT2D eigenvalue weighted by molar-refractivity contribution is -0.127. The fraction of sp³-hybridized carbons (Fsp3) is 0.696. The SMILES string of the molecule is CC(C)(C)C1OCCCC1CNC(=O)C1CCN(S(=O)(=O)Cc2ccccc2)CC1. The summed E-state index contributed by atoms with van der Waals surface area (Å²) in [5.74, 6) is 0.272. The minimum absolute atomic E-state index is 0.0145. The van der Waals surface area contributed by atoms with E-state index in [4.69, 9.17) is 4.74 Å². The minimum atomic E-state index is -3.35. The summed E-state index contributed by atoms with van der Waals surface area (Å²) in [6.45, 7) is 8.79. The van der Waals surface area contributed by atoms with Gasteiger partial charge in [-0.2, -0.15) is 0 Å². The number of hydrogen-bond acceptors (Lipinski definition) is 4. The summed E-state index contributed by atoms with van der Waals surface area (Å²) in [7, 11) is -3.35. The van der Waals surface area contributed by atoms with E-state index in [1.165, 1.54) is 4.31 Å².